The van der Waals surface area contributed by atoms with E-state index in [1.807, 2.05) is 36.5 Å². The number of nitrogens with zero attached hydrogens (tertiary/aromatic N) is 1. The minimum absolute atomic E-state index is 0.0648. The number of rotatable bonds is 5. The first-order valence-corrected chi connectivity index (χ1v) is 11.0. The van der Waals surface area contributed by atoms with Gasteiger partial charge in [0.1, 0.15) is 6.10 Å². The van der Waals surface area contributed by atoms with Gasteiger partial charge in [0.05, 0.1) is 18.0 Å². The van der Waals surface area contributed by atoms with Gasteiger partial charge in [-0.1, -0.05) is 62.0 Å². The number of benzene rings is 2. The first-order chi connectivity index (χ1) is 14.5. The molecule has 1 aromatic heterocycles. The molecule has 154 valence electrons. The number of pyridine rings is 1. The number of esters is 1. The number of cyclic esters (lactones) is 1. The van der Waals surface area contributed by atoms with Gasteiger partial charge in [-0.2, -0.15) is 0 Å². The molecular weight excluding hydrogens is 394 g/mol. The Morgan fingerprint density at radius 1 is 1.17 bits per heavy atom. The van der Waals surface area contributed by atoms with Crippen LogP contribution in [0.25, 0.3) is 17.0 Å². The molecule has 2 heterocycles. The molecule has 1 saturated heterocycles. The Morgan fingerprint density at radius 2 is 1.93 bits per heavy atom. The normalized spacial score (nSPS) is 19.5. The number of aliphatic hydroxyl groups excluding tert-OH is 1. The number of hydrogen-bond donors (Lipinski definition) is 1. The zero-order chi connectivity index (χ0) is 21.1. The van der Waals surface area contributed by atoms with Gasteiger partial charge >= 0.3 is 5.97 Å². The van der Waals surface area contributed by atoms with Crippen molar-refractivity contribution in [3.63, 3.8) is 0 Å². The van der Waals surface area contributed by atoms with Gasteiger partial charge in [0.25, 0.3) is 0 Å². The van der Waals surface area contributed by atoms with Gasteiger partial charge in [-0.3, -0.25) is 9.78 Å². The van der Waals surface area contributed by atoms with E-state index in [0.717, 1.165) is 26.3 Å². The van der Waals surface area contributed by atoms with Crippen LogP contribution < -0.4 is 0 Å². The summed E-state index contributed by atoms with van der Waals surface area (Å²) in [6.07, 6.45) is 5.06. The Kier molecular flexibility index (Phi) is 6.21. The van der Waals surface area contributed by atoms with Crippen molar-refractivity contribution in [3.05, 3.63) is 71.9 Å². The Morgan fingerprint density at radius 3 is 2.67 bits per heavy atom. The SMILES string of the molecule is CC(C)c1ccc(Sc2c(/C=C/C3CC(O)CC(=O)O3)cnc3ccccc23)cc1. The van der Waals surface area contributed by atoms with Crippen molar-refractivity contribution in [1.82, 2.24) is 4.98 Å². The highest BCUT2D eigenvalue weighted by atomic mass is 32.2. The number of hydrogen-bond acceptors (Lipinski definition) is 5. The van der Waals surface area contributed by atoms with Crippen LogP contribution in [0.3, 0.4) is 0 Å². The second-order valence-corrected chi connectivity index (χ2v) is 8.95. The second-order valence-electron chi connectivity index (χ2n) is 7.87. The predicted molar refractivity (Wildman–Crippen MR) is 121 cm³/mol. The molecule has 4 rings (SSSR count). The smallest absolute Gasteiger partial charge is 0.309 e. The van der Waals surface area contributed by atoms with Crippen molar-refractivity contribution >= 4 is 34.7 Å². The maximum absolute atomic E-state index is 11.6. The summed E-state index contributed by atoms with van der Waals surface area (Å²) in [5.41, 5.74) is 3.22. The molecule has 0 saturated carbocycles. The average molecular weight is 420 g/mol. The third kappa shape index (κ3) is 4.74. The molecule has 1 fully saturated rings. The molecule has 0 spiro atoms. The van der Waals surface area contributed by atoms with Crippen LogP contribution in [-0.2, 0) is 9.53 Å². The first kappa shape index (κ1) is 20.6. The van der Waals surface area contributed by atoms with Crippen molar-refractivity contribution in [3.8, 4) is 0 Å². The summed E-state index contributed by atoms with van der Waals surface area (Å²) in [7, 11) is 0. The van der Waals surface area contributed by atoms with Crippen LogP contribution in [0.1, 0.15) is 43.7 Å². The van der Waals surface area contributed by atoms with Crippen LogP contribution in [-0.4, -0.2) is 28.3 Å². The minimum Gasteiger partial charge on any atom is -0.458 e. The van der Waals surface area contributed by atoms with E-state index in [1.165, 1.54) is 5.56 Å². The van der Waals surface area contributed by atoms with Crippen molar-refractivity contribution in [2.75, 3.05) is 0 Å². The van der Waals surface area contributed by atoms with Crippen molar-refractivity contribution in [1.29, 1.82) is 0 Å². The molecule has 3 aromatic rings. The van der Waals surface area contributed by atoms with Crippen LogP contribution >= 0.6 is 11.8 Å². The zero-order valence-corrected chi connectivity index (χ0v) is 17.9. The van der Waals surface area contributed by atoms with Gasteiger partial charge in [-0.25, -0.2) is 0 Å². The molecule has 2 aromatic carbocycles. The minimum atomic E-state index is -0.649. The topological polar surface area (TPSA) is 59.4 Å². The van der Waals surface area contributed by atoms with Crippen LogP contribution in [0.5, 0.6) is 0 Å². The summed E-state index contributed by atoms with van der Waals surface area (Å²) in [6, 6.07) is 16.7. The number of fused-ring (bicyclic) bond motifs is 1. The van der Waals surface area contributed by atoms with Gasteiger partial charge < -0.3 is 9.84 Å². The largest absolute Gasteiger partial charge is 0.458 e. The lowest BCUT2D eigenvalue weighted by Crippen LogP contribution is -2.31. The molecule has 1 N–H and O–H groups in total. The molecule has 30 heavy (non-hydrogen) atoms. The van der Waals surface area contributed by atoms with Gasteiger partial charge in [0, 0.05) is 33.4 Å². The van der Waals surface area contributed by atoms with Crippen molar-refractivity contribution in [2.24, 2.45) is 0 Å². The summed E-state index contributed by atoms with van der Waals surface area (Å²) >= 11 is 1.70. The van der Waals surface area contributed by atoms with Crippen LogP contribution in [0.15, 0.2) is 70.6 Å². The van der Waals surface area contributed by atoms with E-state index in [0.29, 0.717) is 12.3 Å². The average Bonchev–Trinajstić information content (AvgIpc) is 2.73. The molecule has 2 atom stereocenters. The first-order valence-electron chi connectivity index (χ1n) is 10.2. The molecular formula is C25H25NO3S. The molecule has 5 heteroatoms. The lowest BCUT2D eigenvalue weighted by Gasteiger charge is -2.23. The third-order valence-electron chi connectivity index (χ3n) is 5.20. The van der Waals surface area contributed by atoms with E-state index in [2.05, 4.69) is 49.2 Å². The van der Waals surface area contributed by atoms with Gasteiger partial charge in [0.15, 0.2) is 0 Å². The van der Waals surface area contributed by atoms with E-state index in [4.69, 9.17) is 4.74 Å². The Bertz CT molecular complexity index is 1080. The maximum Gasteiger partial charge on any atom is 0.309 e. The van der Waals surface area contributed by atoms with Crippen LogP contribution in [0.2, 0.25) is 0 Å². The standard InChI is InChI=1S/C25H25NO3S/c1-16(2)17-8-11-21(12-9-17)30-25-18(15-26-23-6-4-3-5-22(23)25)7-10-20-13-19(27)14-24(28)29-20/h3-12,15-16,19-20,27H,13-14H2,1-2H3/b10-7+. The van der Waals surface area contributed by atoms with Gasteiger partial charge in [0.2, 0.25) is 0 Å². The van der Waals surface area contributed by atoms with E-state index in [-0.39, 0.29) is 12.4 Å². The summed E-state index contributed by atoms with van der Waals surface area (Å²) in [4.78, 5) is 18.5. The quantitative estimate of drug-likeness (QED) is 0.546. The van der Waals surface area contributed by atoms with Crippen LogP contribution in [0.4, 0.5) is 0 Å². The molecule has 1 aliphatic heterocycles. The van der Waals surface area contributed by atoms with Crippen molar-refractivity contribution in [2.45, 2.75) is 54.6 Å². The summed E-state index contributed by atoms with van der Waals surface area (Å²) in [6.45, 7) is 4.38. The molecule has 0 radical (unpaired) electrons. The van der Waals surface area contributed by atoms with Gasteiger partial charge in [-0.15, -0.1) is 0 Å². The molecule has 1 aliphatic rings. The lowest BCUT2D eigenvalue weighted by atomic mass is 10.0. The molecule has 0 aliphatic carbocycles. The van der Waals surface area contributed by atoms with E-state index in [1.54, 1.807) is 11.8 Å². The van der Waals surface area contributed by atoms with Gasteiger partial charge in [-0.05, 0) is 35.8 Å². The monoisotopic (exact) mass is 419 g/mol. The lowest BCUT2D eigenvalue weighted by molar-refractivity contribution is -0.156. The summed E-state index contributed by atoms with van der Waals surface area (Å²) < 4.78 is 5.35. The fraction of sp³-hybridized carbons (Fsp3) is 0.280. The number of aromatic nitrogens is 1. The summed E-state index contributed by atoms with van der Waals surface area (Å²) in [5, 5.41) is 10.9. The molecule has 2 unspecified atom stereocenters. The number of carbonyl (C=O) groups is 1. The maximum atomic E-state index is 11.6. The number of carbonyl (C=O) groups excluding carboxylic acids is 1. The predicted octanol–water partition coefficient (Wildman–Crippen LogP) is 5.59. The highest BCUT2D eigenvalue weighted by Gasteiger charge is 2.25. The van der Waals surface area contributed by atoms with E-state index < -0.39 is 12.2 Å². The second kappa shape index (κ2) is 9.02. The Labute approximate surface area is 181 Å². The van der Waals surface area contributed by atoms with Crippen molar-refractivity contribution < 1.29 is 14.6 Å². The zero-order valence-electron chi connectivity index (χ0n) is 17.1. The highest BCUT2D eigenvalue weighted by molar-refractivity contribution is 7.99. The van der Waals surface area contributed by atoms with E-state index in [9.17, 15) is 9.90 Å². The Balaban J connectivity index is 1.67. The van der Waals surface area contributed by atoms with E-state index >= 15 is 0 Å². The number of para-hydroxylation sites is 1. The fourth-order valence-electron chi connectivity index (χ4n) is 3.54. The number of aliphatic hydroxyl groups is 1. The van der Waals surface area contributed by atoms with Crippen LogP contribution in [0, 0.1) is 0 Å². The molecule has 0 amide bonds. The third-order valence-corrected chi connectivity index (χ3v) is 6.37. The highest BCUT2D eigenvalue weighted by Crippen LogP contribution is 2.37. The summed E-state index contributed by atoms with van der Waals surface area (Å²) in [5.74, 6) is 0.137. The molecule has 0 bridgehead atoms. The Hall–Kier alpha value is -2.63. The number of ether oxygens (including phenoxy) is 1. The fourth-order valence-corrected chi connectivity index (χ4v) is 4.57. The molecule has 4 nitrogen and oxygen atoms in total.